The second-order valence-corrected chi connectivity index (χ2v) is 13.4. The predicted molar refractivity (Wildman–Crippen MR) is 228 cm³/mol. The molecular formula is C48H38N4O4. The molecule has 0 radical (unpaired) electrons. The quantitative estimate of drug-likeness (QED) is 0.109. The van der Waals surface area contributed by atoms with Gasteiger partial charge in [-0.15, -0.1) is 0 Å². The van der Waals surface area contributed by atoms with Gasteiger partial charge in [0.1, 0.15) is 11.5 Å². The van der Waals surface area contributed by atoms with E-state index in [1.165, 1.54) is 0 Å². The molecule has 0 aliphatic rings. The summed E-state index contributed by atoms with van der Waals surface area (Å²) in [6, 6.07) is 49.6. The maximum atomic E-state index is 14.4. The molecule has 0 aliphatic heterocycles. The van der Waals surface area contributed by atoms with E-state index in [0.717, 1.165) is 43.8 Å². The van der Waals surface area contributed by atoms with Crippen LogP contribution in [0.25, 0.3) is 54.9 Å². The Morgan fingerprint density at radius 1 is 0.446 bits per heavy atom. The number of nitrogens with two attached hydrogens (primary N) is 2. The van der Waals surface area contributed by atoms with Crippen molar-refractivity contribution in [2.75, 3.05) is 36.3 Å². The van der Waals surface area contributed by atoms with Gasteiger partial charge in [-0.05, 0) is 104 Å². The zero-order valence-corrected chi connectivity index (χ0v) is 30.8. The molecule has 56 heavy (non-hydrogen) atoms. The van der Waals surface area contributed by atoms with Crippen LogP contribution in [0.5, 0.6) is 11.5 Å². The standard InChI is InChI=1S/C48H38N4O4/c1-55-45-41(47(53)51-37-19-9-15-31(25-37)29-13-7-17-35(49)23-29)27-33-11-3-5-21-39(33)43(45)44-40-22-6-4-12-34(40)28-42(46(44)56-2)48(54)52-38-20-10-16-32(26-38)30-14-8-18-36(50)24-30/h3-28H,49-50H2,1-2H3,(H,51,53)(H,52,54). The zero-order chi connectivity index (χ0) is 38.8. The van der Waals surface area contributed by atoms with Crippen molar-refractivity contribution in [2.24, 2.45) is 0 Å². The van der Waals surface area contributed by atoms with E-state index in [2.05, 4.69) is 10.6 Å². The SMILES string of the molecule is COc1c(C(=O)Nc2cccc(-c3cccc(N)c3)c2)cc2ccccc2c1-c1c(OC)c(C(=O)Nc2cccc(-c3cccc(N)c3)c2)cc2ccccc12. The molecule has 0 aromatic heterocycles. The Labute approximate surface area is 324 Å². The highest BCUT2D eigenvalue weighted by Gasteiger charge is 2.28. The van der Waals surface area contributed by atoms with E-state index in [1.54, 1.807) is 14.2 Å². The van der Waals surface area contributed by atoms with Crippen LogP contribution in [-0.4, -0.2) is 26.0 Å². The first kappa shape index (κ1) is 35.4. The lowest BCUT2D eigenvalue weighted by Crippen LogP contribution is -2.15. The topological polar surface area (TPSA) is 129 Å². The summed E-state index contributed by atoms with van der Waals surface area (Å²) in [5, 5.41) is 9.43. The number of fused-ring (bicyclic) bond motifs is 2. The molecule has 2 amide bonds. The molecule has 8 aromatic carbocycles. The van der Waals surface area contributed by atoms with E-state index in [4.69, 9.17) is 20.9 Å². The second kappa shape index (κ2) is 15.0. The lowest BCUT2D eigenvalue weighted by molar-refractivity contribution is 0.101. The summed E-state index contributed by atoms with van der Waals surface area (Å²) in [7, 11) is 3.09. The minimum Gasteiger partial charge on any atom is -0.495 e. The molecule has 6 N–H and O–H groups in total. The van der Waals surface area contributed by atoms with Crippen LogP contribution in [-0.2, 0) is 0 Å². The highest BCUT2D eigenvalue weighted by atomic mass is 16.5. The molecule has 0 fully saturated rings. The number of carbonyl (C=O) groups excluding carboxylic acids is 2. The summed E-state index contributed by atoms with van der Waals surface area (Å²) < 4.78 is 12.3. The van der Waals surface area contributed by atoms with Crippen LogP contribution in [0.15, 0.2) is 158 Å². The molecule has 8 rings (SSSR count). The Hall–Kier alpha value is -7.58. The Bertz CT molecular complexity index is 2620. The first-order valence-electron chi connectivity index (χ1n) is 18.1. The molecular weight excluding hydrogens is 697 g/mol. The maximum absolute atomic E-state index is 14.4. The van der Waals surface area contributed by atoms with E-state index in [1.807, 2.05) is 158 Å². The number of hydrogen-bond donors (Lipinski definition) is 4. The first-order valence-corrected chi connectivity index (χ1v) is 18.1. The number of ether oxygens (including phenoxy) is 2. The van der Waals surface area contributed by atoms with Gasteiger partial charge in [-0.3, -0.25) is 9.59 Å². The molecule has 8 aromatic rings. The summed E-state index contributed by atoms with van der Waals surface area (Å²) in [5.74, 6) is -0.0559. The molecule has 8 nitrogen and oxygen atoms in total. The van der Waals surface area contributed by atoms with Gasteiger partial charge in [-0.2, -0.15) is 0 Å². The van der Waals surface area contributed by atoms with E-state index in [9.17, 15) is 9.59 Å². The number of nitrogen functional groups attached to an aromatic ring is 2. The predicted octanol–water partition coefficient (Wildman–Crippen LogP) is 10.7. The number of benzene rings is 8. The fourth-order valence-corrected chi connectivity index (χ4v) is 7.30. The van der Waals surface area contributed by atoms with E-state index in [0.29, 0.717) is 56.5 Å². The summed E-state index contributed by atoms with van der Waals surface area (Å²) in [6.45, 7) is 0. The molecule has 0 atom stereocenters. The molecule has 0 bridgehead atoms. The first-order chi connectivity index (χ1) is 27.3. The molecule has 0 saturated carbocycles. The smallest absolute Gasteiger partial charge is 0.259 e. The van der Waals surface area contributed by atoms with Crippen molar-refractivity contribution in [2.45, 2.75) is 0 Å². The Kier molecular flexibility index (Phi) is 9.52. The van der Waals surface area contributed by atoms with E-state index in [-0.39, 0.29) is 11.8 Å². The van der Waals surface area contributed by atoms with Crippen LogP contribution >= 0.6 is 0 Å². The summed E-state index contributed by atoms with van der Waals surface area (Å²) >= 11 is 0. The number of amides is 2. The fraction of sp³-hybridized carbons (Fsp3) is 0.0417. The average Bonchev–Trinajstić information content (AvgIpc) is 3.22. The largest absolute Gasteiger partial charge is 0.495 e. The Balaban J connectivity index is 1.25. The van der Waals surface area contributed by atoms with Crippen LogP contribution in [0.1, 0.15) is 20.7 Å². The van der Waals surface area contributed by atoms with Crippen LogP contribution in [0, 0.1) is 0 Å². The van der Waals surface area contributed by atoms with Gasteiger partial charge in [0.15, 0.2) is 0 Å². The number of carbonyl (C=O) groups is 2. The molecule has 8 heteroatoms. The van der Waals surface area contributed by atoms with E-state index >= 15 is 0 Å². The summed E-state index contributed by atoms with van der Waals surface area (Å²) in [4.78, 5) is 28.7. The highest BCUT2D eigenvalue weighted by molar-refractivity contribution is 6.19. The van der Waals surface area contributed by atoms with Gasteiger partial charge in [0.25, 0.3) is 11.8 Å². The fourth-order valence-electron chi connectivity index (χ4n) is 7.30. The monoisotopic (exact) mass is 734 g/mol. The number of nitrogens with one attached hydrogen (secondary N) is 2. The van der Waals surface area contributed by atoms with Gasteiger partial charge < -0.3 is 31.6 Å². The lowest BCUT2D eigenvalue weighted by atomic mass is 9.88. The normalized spacial score (nSPS) is 11.0. The van der Waals surface area contributed by atoms with Gasteiger partial charge >= 0.3 is 0 Å². The number of rotatable bonds is 9. The van der Waals surface area contributed by atoms with Crippen LogP contribution < -0.4 is 31.6 Å². The van der Waals surface area contributed by atoms with Gasteiger partial charge in [-0.25, -0.2) is 0 Å². The molecule has 0 spiro atoms. The van der Waals surface area contributed by atoms with Crippen molar-refractivity contribution >= 4 is 56.1 Å². The van der Waals surface area contributed by atoms with Crippen molar-refractivity contribution in [3.05, 3.63) is 169 Å². The van der Waals surface area contributed by atoms with Crippen LogP contribution in [0.3, 0.4) is 0 Å². The minimum absolute atomic E-state index is 0.315. The highest BCUT2D eigenvalue weighted by Crippen LogP contribution is 2.48. The van der Waals surface area contributed by atoms with Crippen molar-refractivity contribution in [3.63, 3.8) is 0 Å². The maximum Gasteiger partial charge on any atom is 0.259 e. The Morgan fingerprint density at radius 2 is 0.821 bits per heavy atom. The third-order valence-electron chi connectivity index (χ3n) is 9.83. The van der Waals surface area contributed by atoms with Crippen molar-refractivity contribution in [3.8, 4) is 44.9 Å². The molecule has 0 unspecified atom stereocenters. The van der Waals surface area contributed by atoms with Crippen molar-refractivity contribution < 1.29 is 19.1 Å². The number of methoxy groups -OCH3 is 2. The van der Waals surface area contributed by atoms with Gasteiger partial charge in [0.05, 0.1) is 25.3 Å². The molecule has 0 saturated heterocycles. The van der Waals surface area contributed by atoms with Crippen LogP contribution in [0.4, 0.5) is 22.7 Å². The van der Waals surface area contributed by atoms with E-state index < -0.39 is 0 Å². The lowest BCUT2D eigenvalue weighted by Gasteiger charge is -2.22. The minimum atomic E-state index is -0.365. The second-order valence-electron chi connectivity index (χ2n) is 13.4. The summed E-state index contributed by atoms with van der Waals surface area (Å²) in [6.07, 6.45) is 0. The third-order valence-corrected chi connectivity index (χ3v) is 9.83. The zero-order valence-electron chi connectivity index (χ0n) is 30.8. The van der Waals surface area contributed by atoms with Crippen molar-refractivity contribution in [1.82, 2.24) is 0 Å². The molecule has 0 aliphatic carbocycles. The van der Waals surface area contributed by atoms with Gasteiger partial charge in [-0.1, -0.05) is 97.1 Å². The summed E-state index contributed by atoms with van der Waals surface area (Å²) in [5.41, 5.74) is 20.2. The van der Waals surface area contributed by atoms with Crippen molar-refractivity contribution in [1.29, 1.82) is 0 Å². The average molecular weight is 735 g/mol. The Morgan fingerprint density at radius 3 is 1.21 bits per heavy atom. The third kappa shape index (κ3) is 6.83. The van der Waals surface area contributed by atoms with Crippen LogP contribution in [0.2, 0.25) is 0 Å². The molecule has 0 heterocycles. The van der Waals surface area contributed by atoms with Gasteiger partial charge in [0.2, 0.25) is 0 Å². The van der Waals surface area contributed by atoms with Gasteiger partial charge in [0, 0.05) is 33.9 Å². The molecule has 274 valence electrons. The number of hydrogen-bond acceptors (Lipinski definition) is 6. The number of anilines is 4.